The van der Waals surface area contributed by atoms with Gasteiger partial charge in [-0.1, -0.05) is 23.7 Å². The van der Waals surface area contributed by atoms with Crippen molar-refractivity contribution in [2.24, 2.45) is 11.8 Å². The van der Waals surface area contributed by atoms with Crippen LogP contribution in [0.4, 0.5) is 0 Å². The highest BCUT2D eigenvalue weighted by Crippen LogP contribution is 2.45. The molecule has 4 fully saturated rings. The van der Waals surface area contributed by atoms with E-state index in [1.54, 1.807) is 11.3 Å². The van der Waals surface area contributed by atoms with Gasteiger partial charge in [0.1, 0.15) is 6.23 Å². The first-order valence-electron chi connectivity index (χ1n) is 8.05. The lowest BCUT2D eigenvalue weighted by atomic mass is 9.80. The van der Waals surface area contributed by atoms with Gasteiger partial charge in [0, 0.05) is 30.6 Å². The Labute approximate surface area is 139 Å². The largest absolute Gasteiger partial charge is 0.373 e. The maximum atomic E-state index is 11.0. The quantitative estimate of drug-likeness (QED) is 0.913. The number of nitrogens with zero attached hydrogens (tertiary/aromatic N) is 2. The first-order valence-corrected chi connectivity index (χ1v) is 9.24. The van der Waals surface area contributed by atoms with Gasteiger partial charge >= 0.3 is 0 Å². The van der Waals surface area contributed by atoms with Crippen molar-refractivity contribution in [3.05, 3.63) is 34.2 Å². The second-order valence-electron chi connectivity index (χ2n) is 6.92. The van der Waals surface area contributed by atoms with Gasteiger partial charge in [0.25, 0.3) is 0 Å². The Morgan fingerprint density at radius 3 is 2.95 bits per heavy atom. The molecule has 1 N–H and O–H groups in total. The van der Waals surface area contributed by atoms with E-state index in [1.807, 2.05) is 12.1 Å². The molecule has 4 aliphatic rings. The summed E-state index contributed by atoms with van der Waals surface area (Å²) in [6.45, 7) is 4.64. The Bertz CT molecular complexity index is 733. The monoisotopic (exact) mass is 334 g/mol. The molecule has 1 unspecified atom stereocenters. The van der Waals surface area contributed by atoms with Crippen LogP contribution in [0.15, 0.2) is 24.3 Å². The number of halogens is 1. The molecule has 1 aromatic carbocycles. The third-order valence-corrected chi connectivity index (χ3v) is 7.42. The molecule has 0 amide bonds. The van der Waals surface area contributed by atoms with Crippen molar-refractivity contribution in [1.82, 2.24) is 9.80 Å². The molecule has 6 rings (SSSR count). The normalized spacial score (nSPS) is 35.4. The molecular formula is C17H19ClN2OS. The number of piperidine rings is 3. The molecule has 0 spiro atoms. The smallest absolute Gasteiger partial charge is 0.143 e. The van der Waals surface area contributed by atoms with Crippen molar-refractivity contribution in [1.29, 1.82) is 0 Å². The van der Waals surface area contributed by atoms with Gasteiger partial charge in [-0.3, -0.25) is 4.90 Å². The Hall–Kier alpha value is -0.650. The molecule has 4 bridgehead atoms. The molecule has 5 atom stereocenters. The Morgan fingerprint density at radius 2 is 2.18 bits per heavy atom. The number of hydrogen-bond donors (Lipinski definition) is 1. The average Bonchev–Trinajstić information content (AvgIpc) is 3.08. The van der Waals surface area contributed by atoms with Gasteiger partial charge in [0.05, 0.1) is 9.72 Å². The van der Waals surface area contributed by atoms with Gasteiger partial charge in [-0.15, -0.1) is 11.3 Å². The van der Waals surface area contributed by atoms with E-state index in [-0.39, 0.29) is 0 Å². The molecule has 0 aliphatic carbocycles. The predicted octanol–water partition coefficient (Wildman–Crippen LogP) is 3.18. The number of fused-ring (bicyclic) bond motifs is 2. The van der Waals surface area contributed by atoms with Gasteiger partial charge in [-0.05, 0) is 42.3 Å². The molecule has 1 aromatic heterocycles. The summed E-state index contributed by atoms with van der Waals surface area (Å²) in [5, 5.41) is 12.9. The van der Waals surface area contributed by atoms with Crippen molar-refractivity contribution in [3.63, 3.8) is 0 Å². The third-order valence-electron chi connectivity index (χ3n) is 5.77. The van der Waals surface area contributed by atoms with Crippen LogP contribution in [0.5, 0.6) is 0 Å². The highest BCUT2D eigenvalue weighted by molar-refractivity contribution is 7.19. The molecule has 0 saturated carbocycles. The summed E-state index contributed by atoms with van der Waals surface area (Å²) in [7, 11) is 0. The van der Waals surface area contributed by atoms with Crippen LogP contribution in [0.25, 0.3) is 10.1 Å². The van der Waals surface area contributed by atoms with Crippen molar-refractivity contribution < 1.29 is 5.11 Å². The van der Waals surface area contributed by atoms with E-state index in [1.165, 1.54) is 19.5 Å². The van der Waals surface area contributed by atoms with Crippen LogP contribution in [0.2, 0.25) is 5.02 Å². The second kappa shape index (κ2) is 4.92. The van der Waals surface area contributed by atoms with E-state index in [9.17, 15) is 5.11 Å². The standard InChI is InChI=1S/C17H19ClN2OS/c18-13-3-1-2-10-6-15(22-16(10)13)17(21)20-8-11-7-19-5-4-12(11)14(20)9-19/h1-3,6,11-12,14,17,21H,4-5,7-9H2/t11-,12-,14-,17?/m0/s1. The van der Waals surface area contributed by atoms with Gasteiger partial charge in [0.15, 0.2) is 0 Å². The fourth-order valence-corrected chi connectivity index (χ4v) is 6.14. The van der Waals surface area contributed by atoms with Crippen LogP contribution in [-0.4, -0.2) is 47.1 Å². The van der Waals surface area contributed by atoms with Gasteiger partial charge in [-0.2, -0.15) is 0 Å². The van der Waals surface area contributed by atoms with Crippen LogP contribution in [0, 0.1) is 11.8 Å². The van der Waals surface area contributed by atoms with Crippen LogP contribution in [0.3, 0.4) is 0 Å². The predicted molar refractivity (Wildman–Crippen MR) is 90.3 cm³/mol. The minimum atomic E-state index is -0.482. The lowest BCUT2D eigenvalue weighted by molar-refractivity contribution is -0.0308. The van der Waals surface area contributed by atoms with Crippen molar-refractivity contribution >= 4 is 33.0 Å². The topological polar surface area (TPSA) is 26.7 Å². The molecule has 5 heterocycles. The summed E-state index contributed by atoms with van der Waals surface area (Å²) < 4.78 is 1.09. The molecule has 4 aliphatic heterocycles. The lowest BCUT2D eigenvalue weighted by Crippen LogP contribution is -2.53. The first-order chi connectivity index (χ1) is 10.7. The molecule has 4 saturated heterocycles. The van der Waals surface area contributed by atoms with E-state index < -0.39 is 6.23 Å². The molecule has 3 nitrogen and oxygen atoms in total. The second-order valence-corrected chi connectivity index (χ2v) is 8.41. The fourth-order valence-electron chi connectivity index (χ4n) is 4.77. The average molecular weight is 335 g/mol. The van der Waals surface area contributed by atoms with E-state index in [2.05, 4.69) is 21.9 Å². The van der Waals surface area contributed by atoms with Crippen molar-refractivity contribution in [2.45, 2.75) is 18.7 Å². The lowest BCUT2D eigenvalue weighted by Gasteiger charge is -2.45. The van der Waals surface area contributed by atoms with Crippen LogP contribution >= 0.6 is 22.9 Å². The molecule has 5 heteroatoms. The fraction of sp³-hybridized carbons (Fsp3) is 0.529. The molecule has 2 aromatic rings. The molecule has 0 radical (unpaired) electrons. The van der Waals surface area contributed by atoms with Crippen LogP contribution in [0.1, 0.15) is 17.5 Å². The summed E-state index contributed by atoms with van der Waals surface area (Å²) >= 11 is 7.92. The number of rotatable bonds is 2. The number of likely N-dealkylation sites (tertiary alicyclic amines) is 1. The molecular weight excluding hydrogens is 316 g/mol. The highest BCUT2D eigenvalue weighted by Gasteiger charge is 2.51. The van der Waals surface area contributed by atoms with Crippen molar-refractivity contribution in [3.8, 4) is 0 Å². The number of hydrogen-bond acceptors (Lipinski definition) is 4. The zero-order valence-corrected chi connectivity index (χ0v) is 13.9. The Balaban J connectivity index is 1.48. The summed E-state index contributed by atoms with van der Waals surface area (Å²) in [4.78, 5) is 5.94. The molecule has 22 heavy (non-hydrogen) atoms. The number of thiophene rings is 1. The first kappa shape index (κ1) is 13.8. The third kappa shape index (κ3) is 1.91. The maximum absolute atomic E-state index is 11.0. The summed E-state index contributed by atoms with van der Waals surface area (Å²) in [5.41, 5.74) is 0. The van der Waals surface area contributed by atoms with Gasteiger partial charge < -0.3 is 10.0 Å². The SMILES string of the molecule is OC(c1cc2cccc(Cl)c2s1)N1C[C@@H]2C[N@@]3CC[C@@H]2[C@@H]1C3. The summed E-state index contributed by atoms with van der Waals surface area (Å²) in [5.74, 6) is 1.54. The van der Waals surface area contributed by atoms with Crippen LogP contribution < -0.4 is 0 Å². The zero-order valence-electron chi connectivity index (χ0n) is 12.3. The number of aliphatic hydroxyl groups excluding tert-OH is 1. The van der Waals surface area contributed by atoms with E-state index in [0.29, 0.717) is 6.04 Å². The summed E-state index contributed by atoms with van der Waals surface area (Å²) in [6.07, 6.45) is 0.820. The minimum Gasteiger partial charge on any atom is -0.373 e. The Kier molecular flexibility index (Phi) is 3.08. The number of aliphatic hydroxyl groups is 1. The van der Waals surface area contributed by atoms with E-state index in [0.717, 1.165) is 44.9 Å². The van der Waals surface area contributed by atoms with E-state index in [4.69, 9.17) is 11.6 Å². The summed E-state index contributed by atoms with van der Waals surface area (Å²) in [6, 6.07) is 8.61. The Morgan fingerprint density at radius 1 is 1.27 bits per heavy atom. The van der Waals surface area contributed by atoms with E-state index >= 15 is 0 Å². The highest BCUT2D eigenvalue weighted by atomic mass is 35.5. The van der Waals surface area contributed by atoms with Crippen LogP contribution in [-0.2, 0) is 0 Å². The zero-order chi connectivity index (χ0) is 14.8. The van der Waals surface area contributed by atoms with Crippen molar-refractivity contribution in [2.75, 3.05) is 26.2 Å². The molecule has 116 valence electrons. The van der Waals surface area contributed by atoms with Gasteiger partial charge in [-0.25, -0.2) is 0 Å². The minimum absolute atomic E-state index is 0.482. The number of benzene rings is 1. The van der Waals surface area contributed by atoms with Gasteiger partial charge in [0.2, 0.25) is 0 Å². The maximum Gasteiger partial charge on any atom is 0.143 e.